The summed E-state index contributed by atoms with van der Waals surface area (Å²) in [6, 6.07) is 9.82. The summed E-state index contributed by atoms with van der Waals surface area (Å²) in [5.74, 6) is -2.04. The Morgan fingerprint density at radius 1 is 1.25 bits per heavy atom. The predicted octanol–water partition coefficient (Wildman–Crippen LogP) is 1.28. The molecule has 0 aliphatic rings. The van der Waals surface area contributed by atoms with Gasteiger partial charge in [-0.05, 0) is 18.4 Å². The van der Waals surface area contributed by atoms with E-state index >= 15 is 0 Å². The molecule has 2 aromatic rings. The molecule has 2 rings (SSSR count). The maximum absolute atomic E-state index is 11.4. The molecule has 0 amide bonds. The number of hydrogen-bond donors (Lipinski definition) is 2. The molecule has 0 bridgehead atoms. The third-order valence-electron chi connectivity index (χ3n) is 2.85. The van der Waals surface area contributed by atoms with Crippen molar-refractivity contribution in [1.29, 1.82) is 0 Å². The Labute approximate surface area is 114 Å². The molecule has 0 saturated heterocycles. The summed E-state index contributed by atoms with van der Waals surface area (Å²) in [6.07, 6.45) is 2.68. The molecule has 104 valence electrons. The Hall–Kier alpha value is -2.63. The molecule has 0 spiro atoms. The minimum atomic E-state index is -1.44. The molecular formula is C14H14N2O4. The lowest BCUT2D eigenvalue weighted by atomic mass is 10.1. The highest BCUT2D eigenvalue weighted by Crippen LogP contribution is 2.05. The van der Waals surface area contributed by atoms with E-state index in [9.17, 15) is 14.7 Å². The first-order valence-corrected chi connectivity index (χ1v) is 6.16. The summed E-state index contributed by atoms with van der Waals surface area (Å²) >= 11 is 0. The van der Waals surface area contributed by atoms with Crippen molar-refractivity contribution in [3.8, 4) is 5.75 Å². The number of aromatic carboxylic acids is 1. The van der Waals surface area contributed by atoms with Crippen molar-refractivity contribution < 1.29 is 15.0 Å². The first-order chi connectivity index (χ1) is 9.58. The Bertz CT molecular complexity index is 665. The lowest BCUT2D eigenvalue weighted by molar-refractivity contribution is 0.0685. The topological polar surface area (TPSA) is 92.4 Å². The van der Waals surface area contributed by atoms with Gasteiger partial charge in [0.2, 0.25) is 5.69 Å². The number of hydrogen-bond acceptors (Lipinski definition) is 4. The zero-order chi connectivity index (χ0) is 14.5. The smallest absolute Gasteiger partial charge is 0.360 e. The van der Waals surface area contributed by atoms with Gasteiger partial charge in [0.05, 0.1) is 6.20 Å². The van der Waals surface area contributed by atoms with Gasteiger partial charge in [-0.3, -0.25) is 9.48 Å². The standard InChI is InChI=1S/C14H14N2O4/c17-11-9-16(15-12(13(11)18)14(19)20)8-4-7-10-5-2-1-3-6-10/h1-3,5-6,9,17H,4,7-8H2,(H,19,20). The normalized spacial score (nSPS) is 10.4. The number of nitrogens with zero attached hydrogens (tertiary/aromatic N) is 2. The van der Waals surface area contributed by atoms with E-state index in [1.165, 1.54) is 4.68 Å². The fourth-order valence-corrected chi connectivity index (χ4v) is 1.87. The van der Waals surface area contributed by atoms with Crippen molar-refractivity contribution in [2.24, 2.45) is 0 Å². The Morgan fingerprint density at radius 2 is 1.95 bits per heavy atom. The molecule has 20 heavy (non-hydrogen) atoms. The first-order valence-electron chi connectivity index (χ1n) is 6.16. The van der Waals surface area contributed by atoms with Gasteiger partial charge in [0.25, 0.3) is 5.43 Å². The van der Waals surface area contributed by atoms with Crippen LogP contribution in [0.1, 0.15) is 22.5 Å². The average molecular weight is 274 g/mol. The first kappa shape index (κ1) is 13.8. The Balaban J connectivity index is 2.07. The lowest BCUT2D eigenvalue weighted by Crippen LogP contribution is -2.21. The van der Waals surface area contributed by atoms with Crippen LogP contribution in [0.3, 0.4) is 0 Å². The van der Waals surface area contributed by atoms with E-state index in [1.54, 1.807) is 0 Å². The van der Waals surface area contributed by atoms with Crippen LogP contribution in [0.2, 0.25) is 0 Å². The van der Waals surface area contributed by atoms with Crippen molar-refractivity contribution in [2.75, 3.05) is 0 Å². The van der Waals surface area contributed by atoms with Crippen LogP contribution in [0.25, 0.3) is 0 Å². The SMILES string of the molecule is O=C(O)c1nn(CCCc2ccccc2)cc(O)c1=O. The highest BCUT2D eigenvalue weighted by molar-refractivity contribution is 5.85. The van der Waals surface area contributed by atoms with Gasteiger partial charge in [-0.2, -0.15) is 5.10 Å². The maximum Gasteiger partial charge on any atom is 0.360 e. The van der Waals surface area contributed by atoms with Crippen molar-refractivity contribution in [3.05, 3.63) is 58.0 Å². The van der Waals surface area contributed by atoms with E-state index < -0.39 is 22.8 Å². The van der Waals surface area contributed by atoms with Gasteiger partial charge in [-0.15, -0.1) is 0 Å². The lowest BCUT2D eigenvalue weighted by Gasteiger charge is -2.07. The minimum Gasteiger partial charge on any atom is -0.503 e. The number of carboxylic acid groups (broad SMARTS) is 1. The van der Waals surface area contributed by atoms with Gasteiger partial charge >= 0.3 is 5.97 Å². The molecule has 0 unspecified atom stereocenters. The van der Waals surface area contributed by atoms with E-state index in [4.69, 9.17) is 5.11 Å². The predicted molar refractivity (Wildman–Crippen MR) is 71.9 cm³/mol. The summed E-state index contributed by atoms with van der Waals surface area (Å²) < 4.78 is 1.28. The molecule has 0 atom stereocenters. The molecule has 0 aliphatic carbocycles. The number of carbonyl (C=O) groups is 1. The Kier molecular flexibility index (Phi) is 4.14. The third-order valence-corrected chi connectivity index (χ3v) is 2.85. The van der Waals surface area contributed by atoms with Crippen LogP contribution in [-0.4, -0.2) is 26.0 Å². The Morgan fingerprint density at radius 3 is 2.60 bits per heavy atom. The van der Waals surface area contributed by atoms with E-state index in [2.05, 4.69) is 5.10 Å². The molecule has 0 aliphatic heterocycles. The van der Waals surface area contributed by atoms with Gasteiger partial charge in [-0.1, -0.05) is 30.3 Å². The number of carboxylic acids is 1. The van der Waals surface area contributed by atoms with E-state index in [0.29, 0.717) is 6.54 Å². The number of aromatic hydroxyl groups is 1. The zero-order valence-electron chi connectivity index (χ0n) is 10.7. The van der Waals surface area contributed by atoms with Crippen LogP contribution < -0.4 is 5.43 Å². The van der Waals surface area contributed by atoms with Crippen LogP contribution in [0, 0.1) is 0 Å². The summed E-state index contributed by atoms with van der Waals surface area (Å²) in [4.78, 5) is 22.2. The van der Waals surface area contributed by atoms with Crippen molar-refractivity contribution in [1.82, 2.24) is 9.78 Å². The molecule has 6 heteroatoms. The second kappa shape index (κ2) is 6.01. The number of aryl methyl sites for hydroxylation is 2. The molecule has 1 aromatic carbocycles. The quantitative estimate of drug-likeness (QED) is 0.856. The van der Waals surface area contributed by atoms with Crippen molar-refractivity contribution >= 4 is 5.97 Å². The molecule has 2 N–H and O–H groups in total. The summed E-state index contributed by atoms with van der Waals surface area (Å²) in [6.45, 7) is 0.420. The van der Waals surface area contributed by atoms with Crippen LogP contribution in [0.4, 0.5) is 0 Å². The summed E-state index contributed by atoms with van der Waals surface area (Å²) in [5, 5.41) is 21.9. The van der Waals surface area contributed by atoms with Crippen LogP contribution in [-0.2, 0) is 13.0 Å². The molecule has 0 saturated carbocycles. The van der Waals surface area contributed by atoms with Crippen LogP contribution in [0.5, 0.6) is 5.75 Å². The second-order valence-electron chi connectivity index (χ2n) is 4.35. The van der Waals surface area contributed by atoms with Gasteiger partial charge in [0.1, 0.15) is 0 Å². The third kappa shape index (κ3) is 3.23. The fraction of sp³-hybridized carbons (Fsp3) is 0.214. The van der Waals surface area contributed by atoms with Crippen LogP contribution in [0.15, 0.2) is 41.3 Å². The monoisotopic (exact) mass is 274 g/mol. The number of aromatic nitrogens is 2. The maximum atomic E-state index is 11.4. The average Bonchev–Trinajstić information content (AvgIpc) is 2.43. The van der Waals surface area contributed by atoms with Gasteiger partial charge in [0.15, 0.2) is 5.75 Å². The van der Waals surface area contributed by atoms with Crippen LogP contribution >= 0.6 is 0 Å². The van der Waals surface area contributed by atoms with E-state index in [1.807, 2.05) is 30.3 Å². The van der Waals surface area contributed by atoms with Crippen molar-refractivity contribution in [3.63, 3.8) is 0 Å². The molecule has 0 radical (unpaired) electrons. The molecule has 6 nitrogen and oxygen atoms in total. The molecule has 1 heterocycles. The number of benzene rings is 1. The highest BCUT2D eigenvalue weighted by Gasteiger charge is 2.15. The van der Waals surface area contributed by atoms with Gasteiger partial charge in [-0.25, -0.2) is 4.79 Å². The minimum absolute atomic E-state index is 0.420. The molecular weight excluding hydrogens is 260 g/mol. The summed E-state index contributed by atoms with van der Waals surface area (Å²) in [7, 11) is 0. The van der Waals surface area contributed by atoms with E-state index in [-0.39, 0.29) is 0 Å². The van der Waals surface area contributed by atoms with Crippen molar-refractivity contribution in [2.45, 2.75) is 19.4 Å². The summed E-state index contributed by atoms with van der Waals surface area (Å²) in [5.41, 5.74) is -0.460. The zero-order valence-corrected chi connectivity index (χ0v) is 10.7. The largest absolute Gasteiger partial charge is 0.503 e. The van der Waals surface area contributed by atoms with Gasteiger partial charge < -0.3 is 10.2 Å². The number of rotatable bonds is 5. The highest BCUT2D eigenvalue weighted by atomic mass is 16.4. The molecule has 0 fully saturated rings. The second-order valence-corrected chi connectivity index (χ2v) is 4.35. The fourth-order valence-electron chi connectivity index (χ4n) is 1.87. The van der Waals surface area contributed by atoms with E-state index in [0.717, 1.165) is 24.6 Å². The molecule has 1 aromatic heterocycles. The van der Waals surface area contributed by atoms with Gasteiger partial charge in [0, 0.05) is 6.54 Å².